The zero-order chi connectivity index (χ0) is 15.1. The van der Waals surface area contributed by atoms with Crippen molar-refractivity contribution in [3.63, 3.8) is 0 Å². The van der Waals surface area contributed by atoms with Gasteiger partial charge in [0.05, 0.1) is 6.61 Å². The minimum atomic E-state index is 0.134. The molecule has 5 nitrogen and oxygen atoms in total. The van der Waals surface area contributed by atoms with Gasteiger partial charge in [-0.1, -0.05) is 30.6 Å². The fraction of sp³-hybridized carbons (Fsp3) is 0.533. The molecule has 1 aromatic carbocycles. The number of methoxy groups -OCH3 is 1. The maximum absolute atomic E-state index is 8.96. The van der Waals surface area contributed by atoms with Crippen molar-refractivity contribution in [2.45, 2.75) is 20.8 Å². The molecule has 0 saturated heterocycles. The van der Waals surface area contributed by atoms with Gasteiger partial charge in [-0.05, 0) is 25.0 Å². The molecule has 0 aliphatic carbocycles. The van der Waals surface area contributed by atoms with Crippen LogP contribution in [-0.2, 0) is 4.74 Å². The summed E-state index contributed by atoms with van der Waals surface area (Å²) in [7, 11) is 1.69. The number of nitrogens with zero attached hydrogens (tertiary/aromatic N) is 2. The standard InChI is InChI=1S/C15H25N3O2/c1-11(2)10-18(7-8-20-4)14-6-5-12(3)9-13(14)15(16)17-19/h5-6,9,11,19H,7-8,10H2,1-4H3,(H2,16,17). The second kappa shape index (κ2) is 7.75. The molecule has 0 heterocycles. The van der Waals surface area contributed by atoms with Gasteiger partial charge in [0.25, 0.3) is 0 Å². The molecule has 0 aliphatic heterocycles. The van der Waals surface area contributed by atoms with E-state index in [-0.39, 0.29) is 5.84 Å². The van der Waals surface area contributed by atoms with Crippen molar-refractivity contribution in [2.24, 2.45) is 16.8 Å². The molecule has 1 rings (SSSR count). The molecular formula is C15H25N3O2. The Bertz CT molecular complexity index is 458. The van der Waals surface area contributed by atoms with Crippen LogP contribution in [0.2, 0.25) is 0 Å². The van der Waals surface area contributed by atoms with Crippen LogP contribution < -0.4 is 10.6 Å². The molecule has 0 atom stereocenters. The quantitative estimate of drug-likeness (QED) is 0.347. The predicted octanol–water partition coefficient (Wildman–Crippen LogP) is 2.20. The highest BCUT2D eigenvalue weighted by Gasteiger charge is 2.15. The fourth-order valence-electron chi connectivity index (χ4n) is 2.14. The first-order valence-corrected chi connectivity index (χ1v) is 6.82. The highest BCUT2D eigenvalue weighted by atomic mass is 16.5. The molecule has 0 saturated carbocycles. The molecule has 0 amide bonds. The number of hydrogen-bond donors (Lipinski definition) is 2. The average molecular weight is 279 g/mol. The van der Waals surface area contributed by atoms with Gasteiger partial charge in [0.1, 0.15) is 0 Å². The van der Waals surface area contributed by atoms with Gasteiger partial charge in [-0.3, -0.25) is 0 Å². The summed E-state index contributed by atoms with van der Waals surface area (Å²) >= 11 is 0. The number of nitrogens with two attached hydrogens (primary N) is 1. The number of aryl methyl sites for hydroxylation is 1. The number of rotatable bonds is 7. The molecule has 0 fully saturated rings. The van der Waals surface area contributed by atoms with Crippen LogP contribution in [0.15, 0.2) is 23.4 Å². The molecule has 112 valence electrons. The molecule has 0 spiro atoms. The second-order valence-electron chi connectivity index (χ2n) is 5.34. The van der Waals surface area contributed by atoms with E-state index >= 15 is 0 Å². The Morgan fingerprint density at radius 2 is 2.15 bits per heavy atom. The van der Waals surface area contributed by atoms with Gasteiger partial charge in [0.2, 0.25) is 0 Å². The molecule has 3 N–H and O–H groups in total. The first kappa shape index (κ1) is 16.3. The van der Waals surface area contributed by atoms with E-state index in [1.165, 1.54) is 0 Å². The van der Waals surface area contributed by atoms with Gasteiger partial charge < -0.3 is 20.6 Å². The first-order valence-electron chi connectivity index (χ1n) is 6.82. The van der Waals surface area contributed by atoms with Gasteiger partial charge >= 0.3 is 0 Å². The molecular weight excluding hydrogens is 254 g/mol. The molecule has 20 heavy (non-hydrogen) atoms. The van der Waals surface area contributed by atoms with Crippen LogP contribution in [0.3, 0.4) is 0 Å². The van der Waals surface area contributed by atoms with Crippen molar-refractivity contribution < 1.29 is 9.94 Å². The summed E-state index contributed by atoms with van der Waals surface area (Å²) in [6, 6.07) is 5.98. The predicted molar refractivity (Wildman–Crippen MR) is 82.6 cm³/mol. The molecule has 5 heteroatoms. The van der Waals surface area contributed by atoms with E-state index in [1.54, 1.807) is 7.11 Å². The molecule has 0 radical (unpaired) electrons. The lowest BCUT2D eigenvalue weighted by Gasteiger charge is -2.28. The van der Waals surface area contributed by atoms with E-state index in [4.69, 9.17) is 15.7 Å². The lowest BCUT2D eigenvalue weighted by Crippen LogP contribution is -2.33. The maximum atomic E-state index is 8.96. The Hall–Kier alpha value is -1.75. The van der Waals surface area contributed by atoms with Crippen LogP contribution in [0.1, 0.15) is 25.0 Å². The summed E-state index contributed by atoms with van der Waals surface area (Å²) < 4.78 is 5.17. The van der Waals surface area contributed by atoms with E-state index in [9.17, 15) is 0 Å². The third-order valence-corrected chi connectivity index (χ3v) is 3.03. The summed E-state index contributed by atoms with van der Waals surface area (Å²) in [6.45, 7) is 8.60. The second-order valence-corrected chi connectivity index (χ2v) is 5.34. The van der Waals surface area contributed by atoms with Crippen molar-refractivity contribution in [3.05, 3.63) is 29.3 Å². The minimum Gasteiger partial charge on any atom is -0.409 e. The van der Waals surface area contributed by atoms with E-state index < -0.39 is 0 Å². The summed E-state index contributed by atoms with van der Waals surface area (Å²) in [5, 5.41) is 12.1. The molecule has 1 aromatic rings. The van der Waals surface area contributed by atoms with Crippen LogP contribution in [-0.4, -0.2) is 37.8 Å². The summed E-state index contributed by atoms with van der Waals surface area (Å²) in [5.41, 5.74) is 8.60. The van der Waals surface area contributed by atoms with Crippen molar-refractivity contribution >= 4 is 11.5 Å². The number of benzene rings is 1. The van der Waals surface area contributed by atoms with Crippen molar-refractivity contribution in [1.82, 2.24) is 0 Å². The van der Waals surface area contributed by atoms with Gasteiger partial charge in [-0.25, -0.2) is 0 Å². The highest BCUT2D eigenvalue weighted by molar-refractivity contribution is 6.02. The van der Waals surface area contributed by atoms with Crippen molar-refractivity contribution in [1.29, 1.82) is 0 Å². The lowest BCUT2D eigenvalue weighted by atomic mass is 10.1. The number of anilines is 1. The van der Waals surface area contributed by atoms with Crippen molar-refractivity contribution in [3.8, 4) is 0 Å². The van der Waals surface area contributed by atoms with Gasteiger partial charge in [0.15, 0.2) is 5.84 Å². The average Bonchev–Trinajstić information content (AvgIpc) is 2.42. The molecule has 0 bridgehead atoms. The Labute approximate surface area is 121 Å². The third-order valence-electron chi connectivity index (χ3n) is 3.03. The van der Waals surface area contributed by atoms with Crippen LogP contribution in [0.25, 0.3) is 0 Å². The van der Waals surface area contributed by atoms with E-state index in [2.05, 4.69) is 23.9 Å². The largest absolute Gasteiger partial charge is 0.409 e. The maximum Gasteiger partial charge on any atom is 0.172 e. The number of hydrogen-bond acceptors (Lipinski definition) is 4. The van der Waals surface area contributed by atoms with Crippen LogP contribution in [0.5, 0.6) is 0 Å². The zero-order valence-corrected chi connectivity index (χ0v) is 12.8. The van der Waals surface area contributed by atoms with Gasteiger partial charge in [-0.2, -0.15) is 0 Å². The zero-order valence-electron chi connectivity index (χ0n) is 12.8. The lowest BCUT2D eigenvalue weighted by molar-refractivity contribution is 0.204. The van der Waals surface area contributed by atoms with Crippen LogP contribution >= 0.6 is 0 Å². The Kier molecular flexibility index (Phi) is 6.31. The summed E-state index contributed by atoms with van der Waals surface area (Å²) in [6.07, 6.45) is 0. The number of ether oxygens (including phenoxy) is 1. The fourth-order valence-corrected chi connectivity index (χ4v) is 2.14. The normalized spacial score (nSPS) is 11.9. The summed E-state index contributed by atoms with van der Waals surface area (Å²) in [4.78, 5) is 2.21. The van der Waals surface area contributed by atoms with Gasteiger partial charge in [0, 0.05) is 31.5 Å². The molecule has 0 unspecified atom stereocenters. The van der Waals surface area contributed by atoms with Crippen LogP contribution in [0, 0.1) is 12.8 Å². The third kappa shape index (κ3) is 4.42. The molecule has 0 aromatic heterocycles. The molecule has 0 aliphatic rings. The number of amidine groups is 1. The monoisotopic (exact) mass is 279 g/mol. The smallest absolute Gasteiger partial charge is 0.172 e. The Balaban J connectivity index is 3.17. The van der Waals surface area contributed by atoms with E-state index in [1.807, 2.05) is 25.1 Å². The van der Waals surface area contributed by atoms with Gasteiger partial charge in [-0.15, -0.1) is 0 Å². The minimum absolute atomic E-state index is 0.134. The van der Waals surface area contributed by atoms with E-state index in [0.29, 0.717) is 12.5 Å². The van der Waals surface area contributed by atoms with Crippen LogP contribution in [0.4, 0.5) is 5.69 Å². The number of oxime groups is 1. The Morgan fingerprint density at radius 1 is 1.45 bits per heavy atom. The van der Waals surface area contributed by atoms with E-state index in [0.717, 1.165) is 29.9 Å². The summed E-state index contributed by atoms with van der Waals surface area (Å²) in [5.74, 6) is 0.642. The topological polar surface area (TPSA) is 71.1 Å². The Morgan fingerprint density at radius 3 is 2.70 bits per heavy atom. The van der Waals surface area contributed by atoms with Crippen molar-refractivity contribution in [2.75, 3.05) is 31.7 Å². The SMILES string of the molecule is COCCN(CC(C)C)c1ccc(C)cc1/C(N)=N/O. The highest BCUT2D eigenvalue weighted by Crippen LogP contribution is 2.23. The first-order chi connectivity index (χ1) is 9.49.